The van der Waals surface area contributed by atoms with Crippen molar-refractivity contribution in [1.29, 1.82) is 0 Å². The maximum atomic E-state index is 14.0. The topological polar surface area (TPSA) is 384 Å². The molecule has 1 aliphatic rings. The van der Waals surface area contributed by atoms with Gasteiger partial charge >= 0.3 is 5.97 Å². The van der Waals surface area contributed by atoms with Crippen molar-refractivity contribution in [3.05, 3.63) is 0 Å². The fraction of sp³-hybridized carbons (Fsp3) is 0.757. The molecule has 1 fully saturated rings. The van der Waals surface area contributed by atoms with E-state index >= 15 is 0 Å². The molecule has 22 heteroatoms. The lowest BCUT2D eigenvalue weighted by atomic mass is 10.0. The van der Waals surface area contributed by atoms with Crippen molar-refractivity contribution in [3.63, 3.8) is 0 Å². The highest BCUT2D eigenvalue weighted by atomic mass is 16.4. The molecule has 7 atom stereocenters. The number of nitrogens with one attached hydrogen (secondary N) is 5. The molecule has 336 valence electrons. The van der Waals surface area contributed by atoms with E-state index in [1.165, 1.54) is 11.8 Å². The van der Waals surface area contributed by atoms with E-state index in [9.17, 15) is 38.7 Å². The summed E-state index contributed by atoms with van der Waals surface area (Å²) < 4.78 is 0. The van der Waals surface area contributed by atoms with Gasteiger partial charge in [0.2, 0.25) is 35.4 Å². The van der Waals surface area contributed by atoms with Crippen LogP contribution in [0.2, 0.25) is 0 Å². The van der Waals surface area contributed by atoms with Crippen LogP contribution in [0.4, 0.5) is 0 Å². The molecule has 0 aromatic rings. The highest BCUT2D eigenvalue weighted by Gasteiger charge is 2.39. The molecule has 1 rings (SSSR count). The second-order valence-electron chi connectivity index (χ2n) is 15.6. The standard InChI is InChI=1S/C37H70N14O8/c1-20(2)19-23(39)34(57)51-18-10-14-27(51)32(55)50-28(21(3)4)33(56)49-24(11-6-7-15-38)30(53)48-26(13-9-17-45-37(42)43)31(54)47-25(12-8-16-44-36(40)41)29(52)46-22(5)35(58)59/h20-28H,6-19,38-39H2,1-5H3,(H,46,52)(H,47,54)(H,48,53)(H,49,56)(H,50,55)(H,58,59)(H4,40,41,44)(H4,42,43,45)/t22-,23-,24-,25-,26-,27-,28-/m0/s1. The monoisotopic (exact) mass is 839 g/mol. The minimum absolute atomic E-state index is 0.00615. The van der Waals surface area contributed by atoms with Crippen LogP contribution < -0.4 is 61.0 Å². The fourth-order valence-corrected chi connectivity index (χ4v) is 6.40. The van der Waals surface area contributed by atoms with Gasteiger partial charge in [-0.15, -0.1) is 0 Å². The number of carboxylic acids is 1. The first-order chi connectivity index (χ1) is 27.7. The van der Waals surface area contributed by atoms with Gasteiger partial charge < -0.3 is 71.0 Å². The van der Waals surface area contributed by atoms with E-state index in [1.807, 2.05) is 13.8 Å². The van der Waals surface area contributed by atoms with Gasteiger partial charge in [0.15, 0.2) is 11.9 Å². The number of aliphatic carboxylic acids is 1. The zero-order valence-corrected chi connectivity index (χ0v) is 35.2. The van der Waals surface area contributed by atoms with Gasteiger partial charge in [0.1, 0.15) is 36.3 Å². The summed E-state index contributed by atoms with van der Waals surface area (Å²) >= 11 is 0. The van der Waals surface area contributed by atoms with Crippen LogP contribution in [0.15, 0.2) is 9.98 Å². The van der Waals surface area contributed by atoms with Crippen molar-refractivity contribution in [2.45, 2.75) is 141 Å². The summed E-state index contributed by atoms with van der Waals surface area (Å²) in [4.78, 5) is 102. The number of hydrogen-bond donors (Lipinski definition) is 12. The molecule has 0 unspecified atom stereocenters. The average Bonchev–Trinajstić information content (AvgIpc) is 3.64. The number of nitrogens with two attached hydrogens (primary N) is 6. The lowest BCUT2D eigenvalue weighted by Crippen LogP contribution is -2.60. The Morgan fingerprint density at radius 2 is 1.17 bits per heavy atom. The normalized spacial score (nSPS) is 16.8. The van der Waals surface area contributed by atoms with E-state index in [0.717, 1.165) is 0 Å². The van der Waals surface area contributed by atoms with E-state index in [-0.39, 0.29) is 68.9 Å². The first-order valence-corrected chi connectivity index (χ1v) is 20.3. The third kappa shape index (κ3) is 19.4. The van der Waals surface area contributed by atoms with Crippen LogP contribution >= 0.6 is 0 Å². The zero-order chi connectivity index (χ0) is 44.8. The number of amides is 6. The number of unbranched alkanes of at least 4 members (excludes halogenated alkanes) is 1. The van der Waals surface area contributed by atoms with Crippen LogP contribution in [-0.4, -0.2) is 132 Å². The van der Waals surface area contributed by atoms with Crippen molar-refractivity contribution < 1.29 is 38.7 Å². The second kappa shape index (κ2) is 26.7. The summed E-state index contributed by atoms with van der Waals surface area (Å²) in [5, 5.41) is 22.5. The molecular formula is C37H70N14O8. The SMILES string of the molecule is CC(C)C[C@H](N)C(=O)N1CCC[C@H]1C(=O)N[C@H](C(=O)N[C@@H](CCCCN)C(=O)N[C@@H](CCCN=C(N)N)C(=O)N[C@@H](CCCN=C(N)N)C(=O)N[C@@H](C)C(=O)O)C(C)C. The van der Waals surface area contributed by atoms with Gasteiger partial charge in [0, 0.05) is 19.6 Å². The Morgan fingerprint density at radius 3 is 1.61 bits per heavy atom. The van der Waals surface area contributed by atoms with Gasteiger partial charge in [-0.05, 0) is 89.5 Å². The number of hydrogen-bond acceptors (Lipinski definition) is 11. The highest BCUT2D eigenvalue weighted by Crippen LogP contribution is 2.20. The summed E-state index contributed by atoms with van der Waals surface area (Å²) in [5.41, 5.74) is 33.6. The van der Waals surface area contributed by atoms with E-state index in [1.54, 1.807) is 13.8 Å². The maximum Gasteiger partial charge on any atom is 0.325 e. The van der Waals surface area contributed by atoms with Gasteiger partial charge in [0.25, 0.3) is 0 Å². The molecule has 0 spiro atoms. The Balaban J connectivity index is 3.34. The summed E-state index contributed by atoms with van der Waals surface area (Å²) in [6.45, 7) is 9.49. The summed E-state index contributed by atoms with van der Waals surface area (Å²) in [6.07, 6.45) is 2.93. The zero-order valence-electron chi connectivity index (χ0n) is 35.2. The molecule has 0 radical (unpaired) electrons. The third-order valence-corrected chi connectivity index (χ3v) is 9.59. The van der Waals surface area contributed by atoms with E-state index in [4.69, 9.17) is 34.4 Å². The summed E-state index contributed by atoms with van der Waals surface area (Å²) in [5.74, 6) is -5.73. The van der Waals surface area contributed by atoms with Gasteiger partial charge in [-0.3, -0.25) is 43.5 Å². The van der Waals surface area contributed by atoms with Crippen molar-refractivity contribution in [1.82, 2.24) is 31.5 Å². The minimum Gasteiger partial charge on any atom is -0.480 e. The van der Waals surface area contributed by atoms with E-state index in [0.29, 0.717) is 45.2 Å². The molecule has 18 N–H and O–H groups in total. The van der Waals surface area contributed by atoms with E-state index in [2.05, 4.69) is 36.6 Å². The van der Waals surface area contributed by atoms with Gasteiger partial charge in [-0.25, -0.2) is 0 Å². The van der Waals surface area contributed by atoms with Crippen molar-refractivity contribution in [2.75, 3.05) is 26.2 Å². The van der Waals surface area contributed by atoms with Crippen molar-refractivity contribution in [3.8, 4) is 0 Å². The number of rotatable bonds is 27. The lowest BCUT2D eigenvalue weighted by Gasteiger charge is -2.30. The Labute approximate surface area is 346 Å². The van der Waals surface area contributed by atoms with Gasteiger partial charge in [0.05, 0.1) is 6.04 Å². The molecule has 1 heterocycles. The number of carbonyl (C=O) groups excluding carboxylic acids is 6. The molecule has 0 aliphatic carbocycles. The first-order valence-electron chi connectivity index (χ1n) is 20.3. The number of nitrogens with zero attached hydrogens (tertiary/aromatic N) is 3. The van der Waals surface area contributed by atoms with Crippen LogP contribution in [0.3, 0.4) is 0 Å². The molecular weight excluding hydrogens is 768 g/mol. The number of likely N-dealkylation sites (tertiary alicyclic amines) is 1. The fourth-order valence-electron chi connectivity index (χ4n) is 6.40. The number of aliphatic imine (C=N–C) groups is 2. The Kier molecular flexibility index (Phi) is 23.4. The Morgan fingerprint density at radius 1 is 0.695 bits per heavy atom. The molecule has 22 nitrogen and oxygen atoms in total. The Hall–Kier alpha value is -5.25. The van der Waals surface area contributed by atoms with Crippen molar-refractivity contribution >= 4 is 53.3 Å². The Bertz CT molecular complexity index is 1470. The molecule has 1 saturated heterocycles. The van der Waals surface area contributed by atoms with Crippen LogP contribution in [-0.2, 0) is 33.6 Å². The van der Waals surface area contributed by atoms with Crippen LogP contribution in [0.5, 0.6) is 0 Å². The number of carbonyl (C=O) groups is 7. The molecule has 59 heavy (non-hydrogen) atoms. The van der Waals surface area contributed by atoms with Crippen molar-refractivity contribution in [2.24, 2.45) is 56.2 Å². The van der Waals surface area contributed by atoms with E-state index < -0.39 is 83.7 Å². The maximum absolute atomic E-state index is 14.0. The number of guanidine groups is 2. The smallest absolute Gasteiger partial charge is 0.325 e. The lowest BCUT2D eigenvalue weighted by molar-refractivity contribution is -0.141. The van der Waals surface area contributed by atoms with Gasteiger partial charge in [-0.1, -0.05) is 27.7 Å². The second-order valence-corrected chi connectivity index (χ2v) is 15.6. The van der Waals surface area contributed by atoms with Crippen LogP contribution in [0.25, 0.3) is 0 Å². The number of carboxylic acid groups (broad SMARTS) is 1. The first kappa shape index (κ1) is 51.8. The summed E-state index contributed by atoms with van der Waals surface area (Å²) in [7, 11) is 0. The average molecular weight is 839 g/mol. The third-order valence-electron chi connectivity index (χ3n) is 9.59. The molecule has 0 aromatic carbocycles. The largest absolute Gasteiger partial charge is 0.480 e. The predicted molar refractivity (Wildman–Crippen MR) is 223 cm³/mol. The predicted octanol–water partition coefficient (Wildman–Crippen LogP) is -3.23. The molecule has 6 amide bonds. The highest BCUT2D eigenvalue weighted by molar-refractivity contribution is 5.97. The molecule has 0 bridgehead atoms. The molecule has 0 saturated carbocycles. The van der Waals surface area contributed by atoms with Crippen LogP contribution in [0.1, 0.15) is 98.8 Å². The van der Waals surface area contributed by atoms with Crippen LogP contribution in [0, 0.1) is 11.8 Å². The minimum atomic E-state index is -1.30. The molecule has 0 aromatic heterocycles. The summed E-state index contributed by atoms with van der Waals surface area (Å²) in [6, 6.07) is -7.67. The molecule has 1 aliphatic heterocycles. The van der Waals surface area contributed by atoms with Gasteiger partial charge in [-0.2, -0.15) is 0 Å². The quantitative estimate of drug-likeness (QED) is 0.0220.